The van der Waals surface area contributed by atoms with Crippen LogP contribution in [0.25, 0.3) is 6.08 Å². The molecule has 2 aliphatic heterocycles. The van der Waals surface area contributed by atoms with Gasteiger partial charge in [0.15, 0.2) is 11.5 Å². The Bertz CT molecular complexity index is 564. The van der Waals surface area contributed by atoms with Gasteiger partial charge in [-0.3, -0.25) is 4.79 Å². The molecule has 22 heavy (non-hydrogen) atoms. The maximum atomic E-state index is 12.3. The highest BCUT2D eigenvalue weighted by atomic mass is 16.7. The highest BCUT2D eigenvalue weighted by Crippen LogP contribution is 2.32. The summed E-state index contributed by atoms with van der Waals surface area (Å²) in [7, 11) is 0. The summed E-state index contributed by atoms with van der Waals surface area (Å²) in [6, 6.07) is 5.65. The number of fused-ring (bicyclic) bond motifs is 1. The van der Waals surface area contributed by atoms with E-state index in [1.54, 1.807) is 6.08 Å². The summed E-state index contributed by atoms with van der Waals surface area (Å²) in [6.45, 7) is 4.40. The van der Waals surface area contributed by atoms with Crippen molar-refractivity contribution in [3.8, 4) is 11.5 Å². The number of carbonyl (C=O) groups is 1. The van der Waals surface area contributed by atoms with Gasteiger partial charge >= 0.3 is 0 Å². The Balaban J connectivity index is 1.61. The lowest BCUT2D eigenvalue weighted by atomic mass is 10.2. The molecule has 0 aliphatic carbocycles. The molecule has 5 heteroatoms. The molecule has 2 aliphatic rings. The van der Waals surface area contributed by atoms with Gasteiger partial charge in [-0.2, -0.15) is 0 Å². The summed E-state index contributed by atoms with van der Waals surface area (Å²) >= 11 is 0. The molecule has 1 fully saturated rings. The minimum atomic E-state index is 0.00988. The Labute approximate surface area is 130 Å². The van der Waals surface area contributed by atoms with E-state index in [0.29, 0.717) is 13.1 Å². The summed E-state index contributed by atoms with van der Waals surface area (Å²) in [5, 5.41) is 0. The number of likely N-dealkylation sites (N-methyl/N-ethyl adjacent to an activating group) is 1. The van der Waals surface area contributed by atoms with Gasteiger partial charge in [-0.25, -0.2) is 0 Å². The first-order valence-electron chi connectivity index (χ1n) is 7.74. The molecule has 1 aromatic carbocycles. The van der Waals surface area contributed by atoms with Crippen LogP contribution < -0.4 is 9.47 Å². The van der Waals surface area contributed by atoms with Gasteiger partial charge in [-0.05, 0) is 43.5 Å². The second-order valence-corrected chi connectivity index (χ2v) is 5.46. The molecule has 3 rings (SSSR count). The van der Waals surface area contributed by atoms with Crippen LogP contribution in [0.3, 0.4) is 0 Å². The largest absolute Gasteiger partial charge is 0.454 e. The maximum Gasteiger partial charge on any atom is 0.246 e. The van der Waals surface area contributed by atoms with Crippen molar-refractivity contribution in [3.63, 3.8) is 0 Å². The van der Waals surface area contributed by atoms with Crippen LogP contribution in [0.5, 0.6) is 11.5 Å². The maximum absolute atomic E-state index is 12.3. The van der Waals surface area contributed by atoms with Gasteiger partial charge in [0.1, 0.15) is 0 Å². The number of nitrogens with zero attached hydrogens (tertiary/aromatic N) is 1. The van der Waals surface area contributed by atoms with Crippen LogP contribution >= 0.6 is 0 Å². The fraction of sp³-hybridized carbons (Fsp3) is 0.471. The van der Waals surface area contributed by atoms with Crippen LogP contribution in [0, 0.1) is 0 Å². The average Bonchev–Trinajstić information content (AvgIpc) is 3.20. The lowest BCUT2D eigenvalue weighted by Crippen LogP contribution is -2.36. The molecule has 5 nitrogen and oxygen atoms in total. The molecule has 118 valence electrons. The predicted octanol–water partition coefficient (Wildman–Crippen LogP) is 2.46. The van der Waals surface area contributed by atoms with Gasteiger partial charge in [0.05, 0.1) is 6.10 Å². The van der Waals surface area contributed by atoms with Crippen LogP contribution in [0.2, 0.25) is 0 Å². The summed E-state index contributed by atoms with van der Waals surface area (Å²) in [5.41, 5.74) is 0.922. The average molecular weight is 303 g/mol. The number of benzene rings is 1. The fourth-order valence-corrected chi connectivity index (χ4v) is 2.70. The Morgan fingerprint density at radius 3 is 3.00 bits per heavy atom. The van der Waals surface area contributed by atoms with E-state index >= 15 is 0 Å². The lowest BCUT2D eigenvalue weighted by Gasteiger charge is -2.22. The van der Waals surface area contributed by atoms with Gasteiger partial charge in [-0.1, -0.05) is 6.07 Å². The number of ether oxygens (including phenoxy) is 3. The smallest absolute Gasteiger partial charge is 0.246 e. The van der Waals surface area contributed by atoms with Crippen LogP contribution in [-0.4, -0.2) is 43.4 Å². The molecule has 0 saturated carbocycles. The number of carbonyl (C=O) groups excluding carboxylic acids is 1. The summed E-state index contributed by atoms with van der Waals surface area (Å²) in [5.74, 6) is 1.48. The molecule has 1 saturated heterocycles. The minimum absolute atomic E-state index is 0.00988. The van der Waals surface area contributed by atoms with Crippen LogP contribution in [-0.2, 0) is 9.53 Å². The molecule has 0 bridgehead atoms. The summed E-state index contributed by atoms with van der Waals surface area (Å²) in [4.78, 5) is 14.1. The van der Waals surface area contributed by atoms with E-state index in [-0.39, 0.29) is 18.8 Å². The van der Waals surface area contributed by atoms with Gasteiger partial charge in [-0.15, -0.1) is 0 Å². The third kappa shape index (κ3) is 3.42. The quantitative estimate of drug-likeness (QED) is 0.784. The van der Waals surface area contributed by atoms with Gasteiger partial charge in [0, 0.05) is 25.8 Å². The van der Waals surface area contributed by atoms with Crippen molar-refractivity contribution in [2.45, 2.75) is 25.9 Å². The van der Waals surface area contributed by atoms with Gasteiger partial charge < -0.3 is 19.1 Å². The highest BCUT2D eigenvalue weighted by molar-refractivity contribution is 5.91. The summed E-state index contributed by atoms with van der Waals surface area (Å²) in [6.07, 6.45) is 5.72. The van der Waals surface area contributed by atoms with Crippen molar-refractivity contribution >= 4 is 12.0 Å². The Morgan fingerprint density at radius 1 is 1.36 bits per heavy atom. The predicted molar refractivity (Wildman–Crippen MR) is 82.8 cm³/mol. The third-order valence-electron chi connectivity index (χ3n) is 3.96. The lowest BCUT2D eigenvalue weighted by molar-refractivity contribution is -0.127. The van der Waals surface area contributed by atoms with Gasteiger partial charge in [0.2, 0.25) is 12.7 Å². The first kappa shape index (κ1) is 14.9. The zero-order chi connectivity index (χ0) is 15.4. The fourth-order valence-electron chi connectivity index (χ4n) is 2.70. The SMILES string of the molecule is CCN(CC1CCCO1)C(=O)/C=C/c1ccc2c(c1)OCO2. The molecule has 2 heterocycles. The van der Waals surface area contributed by atoms with Crippen LogP contribution in [0.15, 0.2) is 24.3 Å². The van der Waals surface area contributed by atoms with E-state index in [2.05, 4.69) is 0 Å². The number of rotatable bonds is 5. The topological polar surface area (TPSA) is 48.0 Å². The third-order valence-corrected chi connectivity index (χ3v) is 3.96. The molecular weight excluding hydrogens is 282 g/mol. The van der Waals surface area contributed by atoms with Gasteiger partial charge in [0.25, 0.3) is 0 Å². The zero-order valence-corrected chi connectivity index (χ0v) is 12.8. The van der Waals surface area contributed by atoms with E-state index in [4.69, 9.17) is 14.2 Å². The van der Waals surface area contributed by atoms with Crippen molar-refractivity contribution in [3.05, 3.63) is 29.8 Å². The molecule has 0 spiro atoms. The first-order chi connectivity index (χ1) is 10.8. The van der Waals surface area contributed by atoms with E-state index in [1.807, 2.05) is 36.1 Å². The monoisotopic (exact) mass is 303 g/mol. The Morgan fingerprint density at radius 2 is 2.23 bits per heavy atom. The van der Waals surface area contributed by atoms with Crippen molar-refractivity contribution in [1.82, 2.24) is 4.90 Å². The van der Waals surface area contributed by atoms with Crippen LogP contribution in [0.4, 0.5) is 0 Å². The molecular formula is C17H21NO4. The highest BCUT2D eigenvalue weighted by Gasteiger charge is 2.20. The molecule has 1 aromatic rings. The normalized spacial score (nSPS) is 19.8. The summed E-state index contributed by atoms with van der Waals surface area (Å²) < 4.78 is 16.2. The molecule has 1 atom stereocenters. The van der Waals surface area contributed by atoms with Crippen molar-refractivity contribution < 1.29 is 19.0 Å². The zero-order valence-electron chi connectivity index (χ0n) is 12.8. The standard InChI is InChI=1S/C17H21NO4/c1-2-18(11-14-4-3-9-20-14)17(19)8-6-13-5-7-15-16(10-13)22-12-21-15/h5-8,10,14H,2-4,9,11-12H2,1H3/b8-6+. The number of hydrogen-bond acceptors (Lipinski definition) is 4. The minimum Gasteiger partial charge on any atom is -0.454 e. The number of hydrogen-bond donors (Lipinski definition) is 0. The van der Waals surface area contributed by atoms with Crippen molar-refractivity contribution in [2.24, 2.45) is 0 Å². The second-order valence-electron chi connectivity index (χ2n) is 5.46. The van der Waals surface area contributed by atoms with E-state index in [1.165, 1.54) is 0 Å². The van der Waals surface area contributed by atoms with Crippen molar-refractivity contribution in [1.29, 1.82) is 0 Å². The molecule has 0 aromatic heterocycles. The molecule has 0 N–H and O–H groups in total. The van der Waals surface area contributed by atoms with E-state index in [0.717, 1.165) is 36.5 Å². The Hall–Kier alpha value is -2.01. The van der Waals surface area contributed by atoms with Crippen LogP contribution in [0.1, 0.15) is 25.3 Å². The van der Waals surface area contributed by atoms with E-state index < -0.39 is 0 Å². The molecule has 1 unspecified atom stereocenters. The Kier molecular flexibility index (Phi) is 4.63. The molecule has 1 amide bonds. The second kappa shape index (κ2) is 6.83. The first-order valence-corrected chi connectivity index (χ1v) is 7.74. The number of amides is 1. The van der Waals surface area contributed by atoms with Crippen molar-refractivity contribution in [2.75, 3.05) is 26.5 Å². The molecule has 0 radical (unpaired) electrons. The van der Waals surface area contributed by atoms with E-state index in [9.17, 15) is 4.79 Å².